The van der Waals surface area contributed by atoms with Crippen LogP contribution in [-0.2, 0) is 52.5 Å². The summed E-state index contributed by atoms with van der Waals surface area (Å²) in [5, 5.41) is 40.3. The predicted molar refractivity (Wildman–Crippen MR) is 211 cm³/mol. The first-order chi connectivity index (χ1) is 27.5. The monoisotopic (exact) mass is 817 g/mol. The van der Waals surface area contributed by atoms with E-state index >= 15 is 0 Å². The van der Waals surface area contributed by atoms with Gasteiger partial charge in [0.05, 0.1) is 45.7 Å². The highest BCUT2D eigenvalue weighted by Gasteiger charge is 2.21. The molecule has 0 aliphatic heterocycles. The fourth-order valence-electron chi connectivity index (χ4n) is 5.35. The van der Waals surface area contributed by atoms with Crippen LogP contribution in [-0.4, -0.2) is 149 Å². The average Bonchev–Trinajstić information content (AvgIpc) is 3.16. The quantitative estimate of drug-likeness (QED) is 0.0304. The van der Waals surface area contributed by atoms with Crippen molar-refractivity contribution in [3.05, 3.63) is 0 Å². The van der Waals surface area contributed by atoms with Crippen LogP contribution < -0.4 is 26.5 Å². The van der Waals surface area contributed by atoms with Crippen LogP contribution in [0.1, 0.15) is 109 Å². The van der Waals surface area contributed by atoms with Gasteiger partial charge in [-0.1, -0.05) is 51.4 Å². The van der Waals surface area contributed by atoms with Gasteiger partial charge in [0, 0.05) is 38.9 Å². The Morgan fingerprint density at radius 1 is 0.439 bits per heavy atom. The Bertz CT molecular complexity index is 1140. The van der Waals surface area contributed by atoms with E-state index in [4.69, 9.17) is 29.2 Å². The topological polar surface area (TPSA) is 277 Å². The molecule has 20 heteroatoms. The molecule has 0 heterocycles. The molecular formula is C37H68BN5O14. The van der Waals surface area contributed by atoms with E-state index in [2.05, 4.69) is 26.5 Å². The molecule has 0 aromatic heterocycles. The maximum absolute atomic E-state index is 12.2. The molecule has 0 fully saturated rings. The van der Waals surface area contributed by atoms with Crippen molar-refractivity contribution >= 4 is 49.5 Å². The largest absolute Gasteiger partial charge is 0.481 e. The summed E-state index contributed by atoms with van der Waals surface area (Å²) in [5.74, 6) is -4.17. The molecule has 8 N–H and O–H groups in total. The number of carbonyl (C=O) groups excluding carboxylic acids is 4. The molecule has 0 aromatic carbocycles. The third kappa shape index (κ3) is 36.3. The van der Waals surface area contributed by atoms with Gasteiger partial charge in [-0.3, -0.25) is 28.8 Å². The third-order valence-electron chi connectivity index (χ3n) is 8.57. The van der Waals surface area contributed by atoms with Crippen LogP contribution in [0.4, 0.5) is 0 Å². The second-order valence-corrected chi connectivity index (χ2v) is 13.5. The highest BCUT2D eigenvalue weighted by molar-refractivity contribution is 6.06. The number of unbranched alkanes of at least 4 members (excludes halogenated alkanes) is 10. The smallest absolute Gasteiger partial charge is 0.326 e. The summed E-state index contributed by atoms with van der Waals surface area (Å²) in [7, 11) is 1.59. The number of carbonyl (C=O) groups is 7. The van der Waals surface area contributed by atoms with E-state index in [0.717, 1.165) is 57.8 Å². The minimum absolute atomic E-state index is 0.0409. The van der Waals surface area contributed by atoms with Crippen molar-refractivity contribution in [3.63, 3.8) is 0 Å². The molecule has 0 saturated heterocycles. The molecule has 0 aromatic rings. The van der Waals surface area contributed by atoms with Crippen molar-refractivity contribution in [2.45, 2.75) is 121 Å². The Morgan fingerprint density at radius 2 is 0.895 bits per heavy atom. The van der Waals surface area contributed by atoms with Gasteiger partial charge in [-0.05, 0) is 38.5 Å². The van der Waals surface area contributed by atoms with Crippen molar-refractivity contribution in [1.29, 1.82) is 0 Å². The van der Waals surface area contributed by atoms with Gasteiger partial charge >= 0.3 is 17.9 Å². The highest BCUT2D eigenvalue weighted by Crippen LogP contribution is 2.12. The lowest BCUT2D eigenvalue weighted by molar-refractivity contribution is -0.142. The predicted octanol–water partition coefficient (Wildman–Crippen LogP) is 0.278. The Hall–Kier alpha value is -3.85. The summed E-state index contributed by atoms with van der Waals surface area (Å²) >= 11 is 0. The molecular weight excluding hydrogens is 749 g/mol. The van der Waals surface area contributed by atoms with E-state index in [-0.39, 0.29) is 115 Å². The standard InChI is InChI=1S/C37H68BN5O14/c38-43-30(37(52)53)13-11-12-18-39-33(46)27-56-25-24-55-22-20-41-34(47)28-57-26-23-54-21-19-40-31(44)17-16-29(36(50)51)42-32(45)14-9-7-5-3-1-2-4-6-8-10-15-35(48)49/h29-30,43H,1-28,38H2,(H,39,46)(H,40,44)(H,41,47)(H,42,45)(H,48,49)(H,50,51)(H,52,53). The number of ether oxygens (including phenoxy) is 4. The zero-order chi connectivity index (χ0) is 42.4. The van der Waals surface area contributed by atoms with Crippen molar-refractivity contribution < 1.29 is 67.8 Å². The van der Waals surface area contributed by atoms with Gasteiger partial charge in [-0.15, -0.1) is 0 Å². The Balaban J connectivity index is 3.67. The second-order valence-electron chi connectivity index (χ2n) is 13.5. The van der Waals surface area contributed by atoms with E-state index in [9.17, 15) is 38.7 Å². The molecule has 57 heavy (non-hydrogen) atoms. The first-order valence-corrected chi connectivity index (χ1v) is 20.2. The number of amides is 4. The molecule has 0 aliphatic carbocycles. The maximum Gasteiger partial charge on any atom is 0.326 e. The number of rotatable bonds is 41. The summed E-state index contributed by atoms with van der Waals surface area (Å²) in [6.45, 7) is 1.83. The van der Waals surface area contributed by atoms with Gasteiger partial charge in [0.1, 0.15) is 19.3 Å². The van der Waals surface area contributed by atoms with E-state index in [0.29, 0.717) is 32.2 Å². The van der Waals surface area contributed by atoms with Crippen molar-refractivity contribution in [3.8, 4) is 0 Å². The Kier molecular flexibility index (Phi) is 35.2. The van der Waals surface area contributed by atoms with Crippen molar-refractivity contribution in [2.75, 3.05) is 72.5 Å². The molecule has 2 unspecified atom stereocenters. The minimum atomic E-state index is -1.20. The normalized spacial score (nSPS) is 12.0. The average molecular weight is 818 g/mol. The second kappa shape index (κ2) is 37.7. The third-order valence-corrected chi connectivity index (χ3v) is 8.57. The molecule has 0 saturated carbocycles. The summed E-state index contributed by atoms with van der Waals surface area (Å²) in [5.41, 5.74) is 0. The number of carboxylic acids is 3. The van der Waals surface area contributed by atoms with Crippen LogP contribution in [0.2, 0.25) is 0 Å². The molecule has 0 radical (unpaired) electrons. The SMILES string of the molecule is BNC(CCCCNC(=O)COCCOCCNC(=O)COCCOCCNC(=O)CCC(NC(=O)CCCCCCCCCCCCC(=O)O)C(=O)O)C(=O)O. The Labute approximate surface area is 337 Å². The van der Waals surface area contributed by atoms with E-state index < -0.39 is 30.0 Å². The fraction of sp³-hybridized carbons (Fsp3) is 0.811. The molecule has 0 bridgehead atoms. The number of hydrogen-bond donors (Lipinski definition) is 8. The summed E-state index contributed by atoms with van der Waals surface area (Å²) in [6, 6.07) is -1.75. The first-order valence-electron chi connectivity index (χ1n) is 20.2. The van der Waals surface area contributed by atoms with Crippen LogP contribution in [0, 0.1) is 0 Å². The fourth-order valence-corrected chi connectivity index (χ4v) is 5.35. The van der Waals surface area contributed by atoms with Crippen LogP contribution in [0.25, 0.3) is 0 Å². The molecule has 0 aliphatic rings. The van der Waals surface area contributed by atoms with Gasteiger partial charge in [-0.2, -0.15) is 0 Å². The lowest BCUT2D eigenvalue weighted by atomic mass is 10.0. The number of nitrogens with one attached hydrogen (secondary N) is 5. The highest BCUT2D eigenvalue weighted by atomic mass is 16.5. The lowest BCUT2D eigenvalue weighted by Crippen LogP contribution is -2.41. The number of hydrogen-bond acceptors (Lipinski definition) is 12. The Morgan fingerprint density at radius 3 is 1.39 bits per heavy atom. The summed E-state index contributed by atoms with van der Waals surface area (Å²) in [6.07, 6.45) is 11.7. The summed E-state index contributed by atoms with van der Waals surface area (Å²) in [4.78, 5) is 81.1. The molecule has 328 valence electrons. The maximum atomic E-state index is 12.2. The zero-order valence-corrected chi connectivity index (χ0v) is 33.8. The zero-order valence-electron chi connectivity index (χ0n) is 33.8. The van der Waals surface area contributed by atoms with Gasteiger partial charge < -0.3 is 60.8 Å². The first kappa shape index (κ1) is 53.2. The molecule has 0 rings (SSSR count). The lowest BCUT2D eigenvalue weighted by Gasteiger charge is -2.14. The molecule has 0 spiro atoms. The minimum Gasteiger partial charge on any atom is -0.481 e. The van der Waals surface area contributed by atoms with Crippen molar-refractivity contribution in [2.24, 2.45) is 0 Å². The van der Waals surface area contributed by atoms with Crippen LogP contribution in [0.15, 0.2) is 0 Å². The molecule has 19 nitrogen and oxygen atoms in total. The van der Waals surface area contributed by atoms with Crippen molar-refractivity contribution in [1.82, 2.24) is 26.5 Å². The van der Waals surface area contributed by atoms with Gasteiger partial charge in [0.2, 0.25) is 23.6 Å². The summed E-state index contributed by atoms with van der Waals surface area (Å²) < 4.78 is 21.2. The van der Waals surface area contributed by atoms with Crippen LogP contribution in [0.5, 0.6) is 0 Å². The van der Waals surface area contributed by atoms with E-state index in [1.165, 1.54) is 0 Å². The number of aliphatic carboxylic acids is 3. The molecule has 2 atom stereocenters. The van der Waals surface area contributed by atoms with Crippen LogP contribution in [0.3, 0.4) is 0 Å². The molecule has 4 amide bonds. The number of carboxylic acid groups (broad SMARTS) is 3. The van der Waals surface area contributed by atoms with Gasteiger partial charge in [-0.25, -0.2) is 4.79 Å². The van der Waals surface area contributed by atoms with Gasteiger partial charge in [0.25, 0.3) is 0 Å². The van der Waals surface area contributed by atoms with Gasteiger partial charge in [0.15, 0.2) is 7.98 Å². The van der Waals surface area contributed by atoms with Crippen LogP contribution >= 0.6 is 0 Å². The van der Waals surface area contributed by atoms with E-state index in [1.54, 1.807) is 7.98 Å². The van der Waals surface area contributed by atoms with E-state index in [1.807, 2.05) is 0 Å².